The molecule has 3 rings (SSSR count). The van der Waals surface area contributed by atoms with Gasteiger partial charge in [-0.15, -0.1) is 0 Å². The Morgan fingerprint density at radius 1 is 1.21 bits per heavy atom. The van der Waals surface area contributed by atoms with Crippen molar-refractivity contribution in [2.75, 3.05) is 14.2 Å². The van der Waals surface area contributed by atoms with Crippen LogP contribution >= 0.6 is 0 Å². The Morgan fingerprint density at radius 2 is 1.96 bits per heavy atom. The zero-order valence-corrected chi connectivity index (χ0v) is 15.1. The molecule has 9 heteroatoms. The Morgan fingerprint density at radius 3 is 2.64 bits per heavy atom. The summed E-state index contributed by atoms with van der Waals surface area (Å²) >= 11 is 0. The summed E-state index contributed by atoms with van der Waals surface area (Å²) < 4.78 is 25.6. The molecule has 28 heavy (non-hydrogen) atoms. The molecule has 0 spiro atoms. The first-order chi connectivity index (χ1) is 13.4. The van der Waals surface area contributed by atoms with E-state index in [0.29, 0.717) is 17.0 Å². The van der Waals surface area contributed by atoms with Crippen LogP contribution in [0.4, 0.5) is 10.1 Å². The molecule has 1 heterocycles. The number of hydrogen-bond acceptors (Lipinski definition) is 6. The Kier molecular flexibility index (Phi) is 5.35. The van der Waals surface area contributed by atoms with Crippen molar-refractivity contribution in [2.45, 2.75) is 6.54 Å². The van der Waals surface area contributed by atoms with Crippen LogP contribution in [0.3, 0.4) is 0 Å². The highest BCUT2D eigenvalue weighted by Gasteiger charge is 2.22. The maximum atomic E-state index is 14.3. The van der Waals surface area contributed by atoms with Gasteiger partial charge in [0, 0.05) is 11.6 Å². The minimum Gasteiger partial charge on any atom is -0.497 e. The number of carbonyl (C=O) groups is 1. The molecule has 3 aromatic rings. The number of benzene rings is 2. The van der Waals surface area contributed by atoms with Crippen molar-refractivity contribution >= 4 is 11.7 Å². The normalized spacial score (nSPS) is 10.5. The molecule has 0 aliphatic rings. The van der Waals surface area contributed by atoms with Crippen LogP contribution in [0.15, 0.2) is 48.5 Å². The fourth-order valence-corrected chi connectivity index (χ4v) is 2.78. The topological polar surface area (TPSA) is 96.5 Å². The van der Waals surface area contributed by atoms with Crippen LogP contribution in [0, 0.1) is 15.9 Å². The van der Waals surface area contributed by atoms with Crippen LogP contribution in [0.2, 0.25) is 0 Å². The number of methoxy groups -OCH3 is 2. The molecule has 0 aliphatic heterocycles. The molecule has 0 amide bonds. The van der Waals surface area contributed by atoms with Crippen LogP contribution in [0.1, 0.15) is 16.1 Å². The predicted octanol–water partition coefficient (Wildman–Crippen LogP) is 3.44. The highest BCUT2D eigenvalue weighted by Crippen LogP contribution is 2.28. The Bertz CT molecular complexity index is 1050. The molecule has 2 aromatic carbocycles. The SMILES string of the molecule is COC(=O)c1cc(-c2cccc(OC)c2)n(Cc2c(F)cccc2[N+](=O)[O-])n1. The number of hydrogen-bond donors (Lipinski definition) is 0. The molecule has 0 radical (unpaired) electrons. The van der Waals surface area contributed by atoms with E-state index in [1.807, 2.05) is 0 Å². The number of halogens is 1. The van der Waals surface area contributed by atoms with Gasteiger partial charge in [-0.3, -0.25) is 14.8 Å². The average Bonchev–Trinajstić information content (AvgIpc) is 3.12. The average molecular weight is 385 g/mol. The van der Waals surface area contributed by atoms with Gasteiger partial charge >= 0.3 is 5.97 Å². The van der Waals surface area contributed by atoms with E-state index in [2.05, 4.69) is 5.10 Å². The smallest absolute Gasteiger partial charge is 0.358 e. The Labute approximate surface area is 159 Å². The summed E-state index contributed by atoms with van der Waals surface area (Å²) in [6, 6.07) is 12.1. The summed E-state index contributed by atoms with van der Waals surface area (Å²) in [7, 11) is 2.73. The summed E-state index contributed by atoms with van der Waals surface area (Å²) in [6.07, 6.45) is 0. The molecule has 0 saturated heterocycles. The summed E-state index contributed by atoms with van der Waals surface area (Å²) in [5, 5.41) is 15.4. The fraction of sp³-hybridized carbons (Fsp3) is 0.158. The molecule has 0 N–H and O–H groups in total. The van der Waals surface area contributed by atoms with Gasteiger partial charge in [0.2, 0.25) is 0 Å². The Hall–Kier alpha value is -3.75. The minimum absolute atomic E-state index is 0.000637. The van der Waals surface area contributed by atoms with Gasteiger partial charge < -0.3 is 9.47 Å². The van der Waals surface area contributed by atoms with Crippen molar-refractivity contribution in [1.82, 2.24) is 9.78 Å². The van der Waals surface area contributed by atoms with E-state index in [1.165, 1.54) is 37.1 Å². The third kappa shape index (κ3) is 3.68. The van der Waals surface area contributed by atoms with Gasteiger partial charge in [-0.2, -0.15) is 5.10 Å². The number of carbonyl (C=O) groups excluding carboxylic acids is 1. The van der Waals surface area contributed by atoms with Crippen LogP contribution in [0.25, 0.3) is 11.3 Å². The van der Waals surface area contributed by atoms with Gasteiger partial charge in [-0.25, -0.2) is 9.18 Å². The van der Waals surface area contributed by atoms with Crippen molar-refractivity contribution < 1.29 is 23.6 Å². The van der Waals surface area contributed by atoms with E-state index in [-0.39, 0.29) is 23.5 Å². The lowest BCUT2D eigenvalue weighted by Crippen LogP contribution is -2.10. The van der Waals surface area contributed by atoms with E-state index in [0.717, 1.165) is 6.07 Å². The summed E-state index contributed by atoms with van der Waals surface area (Å²) in [6.45, 7) is -0.244. The van der Waals surface area contributed by atoms with E-state index >= 15 is 0 Å². The second-order valence-electron chi connectivity index (χ2n) is 5.79. The Balaban J connectivity index is 2.14. The first kappa shape index (κ1) is 19.0. The summed E-state index contributed by atoms with van der Waals surface area (Å²) in [5.41, 5.74) is 0.583. The molecular formula is C19H16FN3O5. The first-order valence-electron chi connectivity index (χ1n) is 8.17. The minimum atomic E-state index is -0.735. The van der Waals surface area contributed by atoms with E-state index in [9.17, 15) is 19.3 Å². The van der Waals surface area contributed by atoms with Crippen LogP contribution in [-0.2, 0) is 11.3 Å². The summed E-state index contributed by atoms with van der Waals surface area (Å²) in [5.74, 6) is -0.839. The molecular weight excluding hydrogens is 369 g/mol. The molecule has 0 fully saturated rings. The standard InChI is InChI=1S/C19H16FN3O5/c1-27-13-6-3-5-12(9-13)18-10-16(19(24)28-2)21-22(18)11-14-15(20)7-4-8-17(14)23(25)26/h3-10H,11H2,1-2H3. The number of nitro benzene ring substituents is 1. The lowest BCUT2D eigenvalue weighted by atomic mass is 10.1. The molecule has 8 nitrogen and oxygen atoms in total. The highest BCUT2D eigenvalue weighted by atomic mass is 19.1. The molecule has 0 bridgehead atoms. The number of rotatable bonds is 6. The van der Waals surface area contributed by atoms with Crippen molar-refractivity contribution in [3.8, 4) is 17.0 Å². The molecule has 144 valence electrons. The third-order valence-corrected chi connectivity index (χ3v) is 4.14. The second kappa shape index (κ2) is 7.87. The van der Waals surface area contributed by atoms with E-state index in [1.54, 1.807) is 24.3 Å². The number of ether oxygens (including phenoxy) is 2. The zero-order chi connectivity index (χ0) is 20.3. The van der Waals surface area contributed by atoms with Crippen molar-refractivity contribution in [1.29, 1.82) is 0 Å². The number of aromatic nitrogens is 2. The lowest BCUT2D eigenvalue weighted by Gasteiger charge is -2.10. The third-order valence-electron chi connectivity index (χ3n) is 4.14. The van der Waals surface area contributed by atoms with Gasteiger partial charge in [0.15, 0.2) is 5.69 Å². The number of nitrogens with zero attached hydrogens (tertiary/aromatic N) is 3. The maximum absolute atomic E-state index is 14.3. The predicted molar refractivity (Wildman–Crippen MR) is 97.7 cm³/mol. The van der Waals surface area contributed by atoms with Crippen molar-refractivity contribution in [2.24, 2.45) is 0 Å². The zero-order valence-electron chi connectivity index (χ0n) is 15.1. The van der Waals surface area contributed by atoms with Crippen LogP contribution in [-0.4, -0.2) is 34.9 Å². The van der Waals surface area contributed by atoms with Gasteiger partial charge in [-0.1, -0.05) is 18.2 Å². The molecule has 0 unspecified atom stereocenters. The van der Waals surface area contributed by atoms with Gasteiger partial charge in [0.05, 0.1) is 36.9 Å². The van der Waals surface area contributed by atoms with Crippen LogP contribution in [0.5, 0.6) is 5.75 Å². The number of nitro groups is 1. The van der Waals surface area contributed by atoms with Crippen molar-refractivity contribution in [3.63, 3.8) is 0 Å². The summed E-state index contributed by atoms with van der Waals surface area (Å²) in [4.78, 5) is 22.5. The molecule has 0 atom stereocenters. The van der Waals surface area contributed by atoms with Gasteiger partial charge in [-0.05, 0) is 24.3 Å². The maximum Gasteiger partial charge on any atom is 0.358 e. The largest absolute Gasteiger partial charge is 0.497 e. The van der Waals surface area contributed by atoms with E-state index in [4.69, 9.17) is 9.47 Å². The molecule has 1 aromatic heterocycles. The first-order valence-corrected chi connectivity index (χ1v) is 8.17. The molecule has 0 saturated carbocycles. The van der Waals surface area contributed by atoms with E-state index < -0.39 is 16.7 Å². The monoisotopic (exact) mass is 385 g/mol. The number of esters is 1. The molecule has 0 aliphatic carbocycles. The van der Waals surface area contributed by atoms with Gasteiger partial charge in [0.25, 0.3) is 5.69 Å². The lowest BCUT2D eigenvalue weighted by molar-refractivity contribution is -0.385. The van der Waals surface area contributed by atoms with Crippen LogP contribution < -0.4 is 4.74 Å². The quantitative estimate of drug-likeness (QED) is 0.366. The van der Waals surface area contributed by atoms with Crippen molar-refractivity contribution in [3.05, 3.63) is 75.7 Å². The second-order valence-corrected chi connectivity index (χ2v) is 5.79. The highest BCUT2D eigenvalue weighted by molar-refractivity contribution is 5.88. The van der Waals surface area contributed by atoms with Gasteiger partial charge in [0.1, 0.15) is 11.6 Å². The fourth-order valence-electron chi connectivity index (χ4n) is 2.78.